The van der Waals surface area contributed by atoms with Crippen molar-refractivity contribution in [3.05, 3.63) is 27.0 Å². The summed E-state index contributed by atoms with van der Waals surface area (Å²) in [5, 5.41) is 12.3. The van der Waals surface area contributed by atoms with Gasteiger partial charge in [-0.15, -0.1) is 0 Å². The van der Waals surface area contributed by atoms with Crippen LogP contribution in [0.15, 0.2) is 15.8 Å². The molecule has 0 unspecified atom stereocenters. The van der Waals surface area contributed by atoms with Gasteiger partial charge in [0.2, 0.25) is 0 Å². The number of unbranched alkanes of at least 4 members (excludes halogenated alkanes) is 4. The zero-order valence-electron chi connectivity index (χ0n) is 11.3. The molecular weight excluding hydrogens is 244 g/mol. The lowest BCUT2D eigenvalue weighted by Crippen LogP contribution is -2.40. The average Bonchev–Trinajstić information content (AvgIpc) is 2.41. The van der Waals surface area contributed by atoms with Gasteiger partial charge < -0.3 is 0 Å². The summed E-state index contributed by atoms with van der Waals surface area (Å²) in [6.07, 6.45) is 6.65. The van der Waals surface area contributed by atoms with Gasteiger partial charge in [0, 0.05) is 6.54 Å². The van der Waals surface area contributed by atoms with Gasteiger partial charge in [-0.25, -0.2) is 9.48 Å². The second-order valence-corrected chi connectivity index (χ2v) is 4.46. The molecule has 0 aliphatic heterocycles. The Bertz CT molecular complexity index is 539. The fourth-order valence-electron chi connectivity index (χ4n) is 1.86. The molecule has 0 atom stereocenters. The van der Waals surface area contributed by atoms with Crippen LogP contribution in [0, 0.1) is 11.3 Å². The summed E-state index contributed by atoms with van der Waals surface area (Å²) in [6, 6.07) is 1.96. The molecule has 1 aromatic heterocycles. The van der Waals surface area contributed by atoms with Crippen molar-refractivity contribution in [2.24, 2.45) is 0 Å². The van der Waals surface area contributed by atoms with Crippen molar-refractivity contribution in [1.82, 2.24) is 14.3 Å². The normalized spacial score (nSPS) is 10.3. The third-order valence-electron chi connectivity index (χ3n) is 2.95. The van der Waals surface area contributed by atoms with Gasteiger partial charge in [-0.05, 0) is 6.42 Å². The molecule has 1 heterocycles. The third-order valence-corrected chi connectivity index (χ3v) is 2.95. The number of rotatable bonds is 8. The largest absolute Gasteiger partial charge is 0.347 e. The maximum Gasteiger partial charge on any atom is 0.347 e. The summed E-state index contributed by atoms with van der Waals surface area (Å²) >= 11 is 0. The summed E-state index contributed by atoms with van der Waals surface area (Å²) in [4.78, 5) is 23.6. The molecular formula is C13H20N4O2. The van der Waals surface area contributed by atoms with Crippen molar-refractivity contribution in [3.8, 4) is 6.07 Å². The molecule has 0 aliphatic carbocycles. The molecule has 0 spiro atoms. The molecule has 0 fully saturated rings. The van der Waals surface area contributed by atoms with Gasteiger partial charge in [0.15, 0.2) is 0 Å². The van der Waals surface area contributed by atoms with Crippen LogP contribution in [0.25, 0.3) is 0 Å². The van der Waals surface area contributed by atoms with E-state index in [-0.39, 0.29) is 18.5 Å². The van der Waals surface area contributed by atoms with E-state index in [9.17, 15) is 9.59 Å². The molecule has 1 aromatic rings. The molecule has 0 amide bonds. The van der Waals surface area contributed by atoms with E-state index in [0.29, 0.717) is 6.54 Å². The molecule has 0 saturated heterocycles. The molecule has 19 heavy (non-hydrogen) atoms. The van der Waals surface area contributed by atoms with Crippen molar-refractivity contribution in [2.45, 2.75) is 58.5 Å². The minimum Gasteiger partial charge on any atom is -0.267 e. The smallest absolute Gasteiger partial charge is 0.267 e. The van der Waals surface area contributed by atoms with E-state index in [1.807, 2.05) is 6.07 Å². The molecule has 6 nitrogen and oxygen atoms in total. The first-order chi connectivity index (χ1) is 9.20. The van der Waals surface area contributed by atoms with E-state index >= 15 is 0 Å². The first-order valence-corrected chi connectivity index (χ1v) is 6.74. The minimum atomic E-state index is -0.418. The van der Waals surface area contributed by atoms with Gasteiger partial charge >= 0.3 is 5.69 Å². The van der Waals surface area contributed by atoms with Crippen molar-refractivity contribution in [1.29, 1.82) is 5.26 Å². The molecule has 0 aromatic carbocycles. The molecule has 0 N–H and O–H groups in total. The fraction of sp³-hybridized carbons (Fsp3) is 0.692. The predicted octanol–water partition coefficient (Wildman–Crippen LogP) is 1.29. The number of nitriles is 1. The van der Waals surface area contributed by atoms with Crippen molar-refractivity contribution in [2.75, 3.05) is 0 Å². The lowest BCUT2D eigenvalue weighted by atomic mass is 10.1. The molecule has 0 radical (unpaired) electrons. The standard InChI is InChI=1S/C13H20N4O2/c1-2-3-4-5-6-9-16-12(18)11-15-17(13(16)19)10-7-8-14/h11H,2-7,9-10H2,1H3. The number of aromatic nitrogens is 3. The molecule has 1 rings (SSSR count). The lowest BCUT2D eigenvalue weighted by molar-refractivity contribution is 0.475. The number of hydrogen-bond acceptors (Lipinski definition) is 4. The summed E-state index contributed by atoms with van der Waals surface area (Å²) in [6.45, 7) is 2.79. The Hall–Kier alpha value is -1.90. The van der Waals surface area contributed by atoms with Gasteiger partial charge in [0.05, 0.1) is 19.0 Å². The average molecular weight is 264 g/mol. The van der Waals surface area contributed by atoms with E-state index < -0.39 is 5.69 Å². The van der Waals surface area contributed by atoms with Gasteiger partial charge in [-0.3, -0.25) is 9.36 Å². The maximum atomic E-state index is 12.0. The Balaban J connectivity index is 2.69. The first-order valence-electron chi connectivity index (χ1n) is 6.74. The Kier molecular flexibility index (Phi) is 6.58. The highest BCUT2D eigenvalue weighted by Crippen LogP contribution is 2.02. The summed E-state index contributed by atoms with van der Waals surface area (Å²) < 4.78 is 2.38. The van der Waals surface area contributed by atoms with Crippen LogP contribution in [-0.2, 0) is 13.1 Å². The van der Waals surface area contributed by atoms with Gasteiger partial charge in [-0.2, -0.15) is 10.4 Å². The zero-order valence-corrected chi connectivity index (χ0v) is 11.3. The monoisotopic (exact) mass is 264 g/mol. The summed E-state index contributed by atoms with van der Waals surface area (Å²) in [7, 11) is 0. The molecule has 6 heteroatoms. The van der Waals surface area contributed by atoms with Gasteiger partial charge in [0.25, 0.3) is 5.56 Å². The highest BCUT2D eigenvalue weighted by molar-refractivity contribution is 4.77. The van der Waals surface area contributed by atoms with Crippen molar-refractivity contribution in [3.63, 3.8) is 0 Å². The highest BCUT2D eigenvalue weighted by Gasteiger charge is 2.05. The Labute approximate surface area is 112 Å². The van der Waals surface area contributed by atoms with E-state index in [2.05, 4.69) is 12.0 Å². The van der Waals surface area contributed by atoms with E-state index in [0.717, 1.165) is 31.9 Å². The van der Waals surface area contributed by atoms with Crippen molar-refractivity contribution >= 4 is 0 Å². The lowest BCUT2D eigenvalue weighted by Gasteiger charge is -2.07. The predicted molar refractivity (Wildman–Crippen MR) is 71.7 cm³/mol. The highest BCUT2D eigenvalue weighted by atomic mass is 16.2. The number of aryl methyl sites for hydroxylation is 1. The van der Waals surface area contributed by atoms with E-state index in [1.165, 1.54) is 15.7 Å². The van der Waals surface area contributed by atoms with Crippen LogP contribution in [0.5, 0.6) is 0 Å². The second-order valence-electron chi connectivity index (χ2n) is 4.46. The summed E-state index contributed by atoms with van der Waals surface area (Å²) in [5.41, 5.74) is -0.785. The van der Waals surface area contributed by atoms with E-state index in [4.69, 9.17) is 5.26 Å². The maximum absolute atomic E-state index is 12.0. The van der Waals surface area contributed by atoms with Gasteiger partial charge in [-0.1, -0.05) is 32.6 Å². The Morgan fingerprint density at radius 3 is 2.63 bits per heavy atom. The van der Waals surface area contributed by atoms with Crippen LogP contribution in [0.3, 0.4) is 0 Å². The summed E-state index contributed by atoms with van der Waals surface area (Å²) in [5.74, 6) is 0. The molecule has 104 valence electrons. The molecule has 0 bridgehead atoms. The van der Waals surface area contributed by atoms with Crippen LogP contribution in [0.1, 0.15) is 45.4 Å². The van der Waals surface area contributed by atoms with Crippen LogP contribution >= 0.6 is 0 Å². The molecule has 0 aliphatic rings. The second kappa shape index (κ2) is 8.25. The Morgan fingerprint density at radius 2 is 1.95 bits per heavy atom. The number of hydrogen-bond donors (Lipinski definition) is 0. The minimum absolute atomic E-state index is 0.210. The number of nitrogens with zero attached hydrogens (tertiary/aromatic N) is 4. The Morgan fingerprint density at radius 1 is 1.21 bits per heavy atom. The van der Waals surface area contributed by atoms with E-state index in [1.54, 1.807) is 0 Å². The third kappa shape index (κ3) is 4.70. The molecule has 0 saturated carbocycles. The SMILES string of the molecule is CCCCCCCn1c(=O)cnn(CCC#N)c1=O. The van der Waals surface area contributed by atoms with Crippen LogP contribution in [0.2, 0.25) is 0 Å². The van der Waals surface area contributed by atoms with Crippen LogP contribution in [0.4, 0.5) is 0 Å². The van der Waals surface area contributed by atoms with Crippen molar-refractivity contribution < 1.29 is 0 Å². The zero-order chi connectivity index (χ0) is 14.1. The fourth-order valence-corrected chi connectivity index (χ4v) is 1.86. The van der Waals surface area contributed by atoms with Crippen LogP contribution < -0.4 is 11.2 Å². The van der Waals surface area contributed by atoms with Crippen LogP contribution in [-0.4, -0.2) is 14.3 Å². The topological polar surface area (TPSA) is 80.7 Å². The van der Waals surface area contributed by atoms with Gasteiger partial charge in [0.1, 0.15) is 6.20 Å². The quantitative estimate of drug-likeness (QED) is 0.662. The first kappa shape index (κ1) is 15.2.